The first kappa shape index (κ1) is 61.8. The van der Waals surface area contributed by atoms with E-state index in [0.29, 0.717) is 40.7 Å². The summed E-state index contributed by atoms with van der Waals surface area (Å²) in [5.74, 6) is -2.94. The fourth-order valence-corrected chi connectivity index (χ4v) is 7.18. The van der Waals surface area contributed by atoms with Gasteiger partial charge in [-0.2, -0.15) is 9.32 Å². The number of fused-ring (bicyclic) bond motifs is 1. The summed E-state index contributed by atoms with van der Waals surface area (Å²) >= 11 is 9.30. The molecule has 0 fully saturated rings. The van der Waals surface area contributed by atoms with Crippen molar-refractivity contribution in [3.63, 3.8) is 0 Å². The Morgan fingerprint density at radius 2 is 1.70 bits per heavy atom. The van der Waals surface area contributed by atoms with Crippen LogP contribution in [0.25, 0.3) is 16.7 Å². The van der Waals surface area contributed by atoms with E-state index < -0.39 is 65.2 Å². The maximum absolute atomic E-state index is 12.7. The largest absolute Gasteiger partial charge is 1.00 e. The van der Waals surface area contributed by atoms with Crippen molar-refractivity contribution in [2.45, 2.75) is 14.7 Å². The van der Waals surface area contributed by atoms with Crippen LogP contribution in [0, 0.1) is 31.1 Å². The molecule has 0 amide bonds. The van der Waals surface area contributed by atoms with E-state index >= 15 is 0 Å². The van der Waals surface area contributed by atoms with E-state index in [4.69, 9.17) is 11.6 Å². The summed E-state index contributed by atoms with van der Waals surface area (Å²) in [6.45, 7) is -0.532. The number of halogens is 3. The molecular weight excluding hydrogens is 1400 g/mol. The number of aromatic nitrogens is 4. The second kappa shape index (κ2) is 30.3. The Bertz CT molecular complexity index is 2520. The molecule has 5 rings (SSSR count). The number of anilines is 2. The third-order valence-corrected chi connectivity index (χ3v) is 10.4. The van der Waals surface area contributed by atoms with Crippen molar-refractivity contribution in [3.8, 4) is 11.7 Å². The SMILES string of the molecule is C[IH]I.O=C([O-])c1ccc[n+](-c2nc(Cl)nc(Nc3ccc4cc(SOO[O-])c(N=Nc5ccc(S(=O)(=O)CCOSOO[O-])cc5S(=O)(=O)[O-])c(O)c4c3)n2)c1.[Na+].[Na+].[Na+].[U]. The second-order valence-corrected chi connectivity index (χ2v) is 22.0. The average Bonchev–Trinajstić information content (AvgIpc) is 3.16. The number of hydrogen-bond donors (Lipinski definition) is 2. The molecule has 0 aliphatic carbocycles. The summed E-state index contributed by atoms with van der Waals surface area (Å²) in [5, 5.41) is 60.2. The van der Waals surface area contributed by atoms with E-state index in [0.717, 1.165) is 12.1 Å². The molecule has 5 aromatic rings. The number of phenolic OH excluding ortho intramolecular Hbond substituents is 1. The Balaban J connectivity index is 0.00000499. The number of nitrogens with zero attached hydrogens (tertiary/aromatic N) is 6. The molecule has 2 heterocycles. The van der Waals surface area contributed by atoms with Crippen LogP contribution in [0.4, 0.5) is 23.0 Å². The number of nitrogens with one attached hydrogen (secondary N) is 1. The van der Waals surface area contributed by atoms with Gasteiger partial charge in [0.25, 0.3) is 0 Å². The number of carbonyl (C=O) groups excluding carboxylic acids is 1. The molecule has 310 valence electrons. The Morgan fingerprint density at radius 3 is 2.34 bits per heavy atom. The van der Waals surface area contributed by atoms with Crippen LogP contribution in [-0.2, 0) is 42.9 Å². The number of phenols is 1. The van der Waals surface area contributed by atoms with Crippen molar-refractivity contribution >= 4 is 132 Å². The third-order valence-electron chi connectivity index (χ3n) is 6.68. The van der Waals surface area contributed by atoms with Crippen LogP contribution in [0.15, 0.2) is 91.9 Å². The first-order valence-corrected chi connectivity index (χ1v) is 28.6. The maximum atomic E-state index is 12.7. The van der Waals surface area contributed by atoms with Gasteiger partial charge < -0.3 is 35.4 Å². The van der Waals surface area contributed by atoms with Crippen molar-refractivity contribution < 1.29 is 194 Å². The molecule has 0 bridgehead atoms. The molecular formula is C28H21ClI2N7Na3O15S4U. The van der Waals surface area contributed by atoms with Crippen LogP contribution in [0.5, 0.6) is 5.75 Å². The van der Waals surface area contributed by atoms with E-state index in [2.05, 4.69) is 77.0 Å². The number of carbonyl (C=O) groups is 1. The molecule has 22 nitrogen and oxygen atoms in total. The normalized spacial score (nSPS) is 11.0. The minimum absolute atomic E-state index is 0. The van der Waals surface area contributed by atoms with Gasteiger partial charge >= 0.3 is 147 Å². The van der Waals surface area contributed by atoms with Crippen molar-refractivity contribution in [2.24, 2.45) is 10.2 Å². The molecule has 0 saturated carbocycles. The topological polar surface area (TPSA) is 323 Å². The van der Waals surface area contributed by atoms with Crippen LogP contribution in [0.1, 0.15) is 10.4 Å². The molecule has 0 aliphatic heterocycles. The minimum Gasteiger partial charge on any atom is -0.744 e. The number of pyridine rings is 1. The molecule has 2 N–H and O–H groups in total. The van der Waals surface area contributed by atoms with Crippen LogP contribution in [0.2, 0.25) is 5.28 Å². The molecule has 0 unspecified atom stereocenters. The van der Waals surface area contributed by atoms with Crippen LogP contribution < -0.4 is 114 Å². The average molecular weight is 1420 g/mol. The number of benzene rings is 3. The van der Waals surface area contributed by atoms with E-state index in [9.17, 15) is 46.9 Å². The zero-order valence-corrected chi connectivity index (χ0v) is 50.1. The summed E-state index contributed by atoms with van der Waals surface area (Å²) in [5.41, 5.74) is -0.954. The van der Waals surface area contributed by atoms with Crippen molar-refractivity contribution in [1.82, 2.24) is 15.0 Å². The minimum atomic E-state index is -5.38. The van der Waals surface area contributed by atoms with E-state index in [-0.39, 0.29) is 171 Å². The number of sulfone groups is 1. The van der Waals surface area contributed by atoms with Crippen molar-refractivity contribution in [2.75, 3.05) is 22.6 Å². The van der Waals surface area contributed by atoms with Gasteiger partial charge in [-0.3, -0.25) is 14.3 Å². The van der Waals surface area contributed by atoms with Gasteiger partial charge in [0.2, 0.25) is 0 Å². The number of alkyl halides is 1. The number of aromatic carboxylic acids is 1. The Hall–Kier alpha value is 0.832. The molecule has 0 radical (unpaired) electrons. The molecule has 0 spiro atoms. The third kappa shape index (κ3) is 18.8. The van der Waals surface area contributed by atoms with E-state index in [1.54, 1.807) is 0 Å². The van der Waals surface area contributed by atoms with Gasteiger partial charge in [-0.15, -0.1) is 14.6 Å². The quantitative estimate of drug-likeness (QED) is 0.00836. The number of aromatic hydroxyl groups is 1. The predicted molar refractivity (Wildman–Crippen MR) is 209 cm³/mol. The second-order valence-electron chi connectivity index (χ2n) is 10.2. The number of carboxylic acid groups (broad SMARTS) is 1. The molecule has 2 aromatic heterocycles. The van der Waals surface area contributed by atoms with Crippen molar-refractivity contribution in [3.05, 3.63) is 77.8 Å². The van der Waals surface area contributed by atoms with Gasteiger partial charge in [-0.05, 0) is 75.5 Å². The number of azo groups is 1. The Morgan fingerprint density at radius 1 is 1.02 bits per heavy atom. The first-order valence-electron chi connectivity index (χ1n) is 14.6. The fourth-order valence-electron chi connectivity index (χ4n) is 4.39. The van der Waals surface area contributed by atoms with Crippen LogP contribution in [-0.4, -0.2) is 64.7 Å². The predicted octanol–water partition coefficient (Wildman–Crippen LogP) is -6.42. The summed E-state index contributed by atoms with van der Waals surface area (Å²) in [6, 6.07) is 10.9. The summed E-state index contributed by atoms with van der Waals surface area (Å²) in [4.78, 5) is 24.0. The molecule has 0 aliphatic rings. The van der Waals surface area contributed by atoms with Crippen LogP contribution in [0.3, 0.4) is 0 Å². The van der Waals surface area contributed by atoms with Gasteiger partial charge in [-0.25, -0.2) is 21.4 Å². The zero-order chi connectivity index (χ0) is 41.8. The number of hydrogen-bond acceptors (Lipinski definition) is 23. The number of rotatable bonds is 17. The fraction of sp³-hybridized carbons (Fsp3) is 0.107. The summed E-state index contributed by atoms with van der Waals surface area (Å²) in [7, 11) is -9.64. The first-order chi connectivity index (χ1) is 27.1. The molecule has 61 heavy (non-hydrogen) atoms. The number of carboxylic acids is 1. The Labute approximate surface area is 470 Å². The van der Waals surface area contributed by atoms with Gasteiger partial charge in [0, 0.05) is 47.8 Å². The van der Waals surface area contributed by atoms with Gasteiger partial charge in [0.15, 0.2) is 27.9 Å². The summed E-state index contributed by atoms with van der Waals surface area (Å²) in [6.07, 6.45) is 2.65. The van der Waals surface area contributed by atoms with Crippen LogP contribution >= 0.6 is 71.8 Å². The van der Waals surface area contributed by atoms with Crippen molar-refractivity contribution in [1.29, 1.82) is 0 Å². The molecule has 0 atom stereocenters. The Kier molecular flexibility index (Phi) is 30.7. The molecule has 33 heteroatoms. The smallest absolute Gasteiger partial charge is 0.744 e. The van der Waals surface area contributed by atoms with Gasteiger partial charge in [0.05, 0.1) is 57.5 Å². The van der Waals surface area contributed by atoms with E-state index in [1.165, 1.54) is 53.4 Å². The molecule has 3 aromatic carbocycles. The van der Waals surface area contributed by atoms with Gasteiger partial charge in [0.1, 0.15) is 21.5 Å². The monoisotopic (exact) mass is 1420 g/mol. The molecule has 0 saturated heterocycles. The van der Waals surface area contributed by atoms with Gasteiger partial charge in [-0.1, -0.05) is 6.07 Å². The zero-order valence-electron chi connectivity index (χ0n) is 31.4. The maximum Gasteiger partial charge on any atom is 1.00 e. The summed E-state index contributed by atoms with van der Waals surface area (Å²) < 4.78 is 76.1. The van der Waals surface area contributed by atoms with E-state index in [1.807, 2.05) is 0 Å². The standard InChI is InChI=1S/C27H20ClN7O15S4.CH4I2.3Na.U/c28-25-30-26(32-27(31-25)35-7-1-2-15(13-35)24(37)38)29-16-4-3-14-10-20(51-49-47-39)22(23(36)18(14)11-16)34-33-19-6-5-17(12-21(19)54(43,44)45)53(41,42)9-8-46-52-50-48-40;1-3-2;;;;/h1-7,10-13H,8-9H2,(H5-,29,30,31,32,33,34,36,37,38,39,40,43,44,45);3H,1H3;;;;/q;;3*+1;/p-3.